The SMILES string of the molecule is Cc1nnc(SCC2=C(C(=O)O)N3C(=O)C(NC(=O)CSC(F)(F)F)[C@H]3SC2)s1. The second-order valence-electron chi connectivity index (χ2n) is 5.82. The van der Waals surface area contributed by atoms with E-state index in [-0.39, 0.29) is 5.70 Å². The zero-order valence-electron chi connectivity index (χ0n) is 14.6. The molecule has 2 N–H and O–H groups in total. The molecule has 2 amide bonds. The topological polar surface area (TPSA) is 112 Å². The minimum atomic E-state index is -4.55. The lowest BCUT2D eigenvalue weighted by Crippen LogP contribution is -2.70. The number of halogens is 3. The van der Waals surface area contributed by atoms with Gasteiger partial charge in [-0.1, -0.05) is 23.1 Å². The molecule has 2 aliphatic heterocycles. The smallest absolute Gasteiger partial charge is 0.442 e. The van der Waals surface area contributed by atoms with Crippen LogP contribution in [-0.2, 0) is 14.4 Å². The van der Waals surface area contributed by atoms with E-state index >= 15 is 0 Å². The summed E-state index contributed by atoms with van der Waals surface area (Å²) in [4.78, 5) is 36.9. The average molecular weight is 487 g/mol. The maximum atomic E-state index is 12.4. The number of carboxylic acid groups (broad SMARTS) is 1. The van der Waals surface area contributed by atoms with Gasteiger partial charge in [-0.3, -0.25) is 14.5 Å². The van der Waals surface area contributed by atoms with Gasteiger partial charge < -0.3 is 10.4 Å². The minimum Gasteiger partial charge on any atom is -0.477 e. The Morgan fingerprint density at radius 1 is 1.38 bits per heavy atom. The summed E-state index contributed by atoms with van der Waals surface area (Å²) < 4.78 is 37.3. The highest BCUT2D eigenvalue weighted by molar-refractivity contribution is 8.02. The van der Waals surface area contributed by atoms with Crippen molar-refractivity contribution in [2.24, 2.45) is 0 Å². The van der Waals surface area contributed by atoms with E-state index in [4.69, 9.17) is 0 Å². The molecule has 3 rings (SSSR count). The Bertz CT molecular complexity index is 875. The molecule has 0 saturated carbocycles. The highest BCUT2D eigenvalue weighted by atomic mass is 32.2. The predicted molar refractivity (Wildman–Crippen MR) is 104 cm³/mol. The van der Waals surface area contributed by atoms with Gasteiger partial charge in [-0.05, 0) is 24.3 Å². The molecule has 2 aliphatic rings. The van der Waals surface area contributed by atoms with Crippen LogP contribution in [0.25, 0.3) is 0 Å². The van der Waals surface area contributed by atoms with Crippen LogP contribution < -0.4 is 5.32 Å². The monoisotopic (exact) mass is 486 g/mol. The van der Waals surface area contributed by atoms with E-state index in [1.165, 1.54) is 34.9 Å². The molecule has 1 fully saturated rings. The molecular weight excluding hydrogens is 473 g/mol. The molecule has 0 aromatic carbocycles. The summed E-state index contributed by atoms with van der Waals surface area (Å²) in [6.07, 6.45) is 0. The number of nitrogens with zero attached hydrogens (tertiary/aromatic N) is 3. The second-order valence-corrected chi connectivity index (χ2v) is 10.4. The lowest BCUT2D eigenvalue weighted by atomic mass is 10.0. The van der Waals surface area contributed by atoms with Crippen molar-refractivity contribution < 1.29 is 32.7 Å². The molecule has 8 nitrogen and oxygen atoms in total. The Hall–Kier alpha value is -1.45. The number of fused-ring (bicyclic) bond motifs is 1. The highest BCUT2D eigenvalue weighted by Gasteiger charge is 2.54. The molecular formula is C14H13F3N4O4S4. The Kier molecular flexibility index (Phi) is 6.70. The van der Waals surface area contributed by atoms with Crippen LogP contribution in [0.2, 0.25) is 0 Å². The number of β-lactam (4-membered cyclic amide) rings is 1. The lowest BCUT2D eigenvalue weighted by molar-refractivity contribution is -0.150. The number of amides is 2. The number of carboxylic acids is 1. The number of aryl methyl sites for hydroxylation is 1. The summed E-state index contributed by atoms with van der Waals surface area (Å²) in [7, 11) is 0. The zero-order valence-corrected chi connectivity index (χ0v) is 17.8. The molecule has 0 spiro atoms. The van der Waals surface area contributed by atoms with E-state index in [1.54, 1.807) is 6.92 Å². The van der Waals surface area contributed by atoms with Crippen LogP contribution >= 0.6 is 46.6 Å². The van der Waals surface area contributed by atoms with Crippen molar-refractivity contribution in [2.45, 2.75) is 28.2 Å². The molecule has 15 heteroatoms. The number of nitrogens with one attached hydrogen (secondary N) is 1. The minimum absolute atomic E-state index is 0.150. The van der Waals surface area contributed by atoms with Gasteiger partial charge in [-0.25, -0.2) is 4.79 Å². The van der Waals surface area contributed by atoms with Gasteiger partial charge in [0.2, 0.25) is 5.91 Å². The Labute approximate surface area is 179 Å². The molecule has 0 radical (unpaired) electrons. The van der Waals surface area contributed by atoms with Crippen molar-refractivity contribution in [3.8, 4) is 0 Å². The van der Waals surface area contributed by atoms with E-state index in [1.807, 2.05) is 0 Å². The number of hydrogen-bond donors (Lipinski definition) is 2. The summed E-state index contributed by atoms with van der Waals surface area (Å²) in [5.41, 5.74) is -4.17. The molecule has 0 bridgehead atoms. The van der Waals surface area contributed by atoms with Gasteiger partial charge in [0.25, 0.3) is 5.91 Å². The molecule has 29 heavy (non-hydrogen) atoms. The fourth-order valence-corrected chi connectivity index (χ4v) is 6.32. The van der Waals surface area contributed by atoms with E-state index in [0.29, 0.717) is 21.4 Å². The third-order valence-electron chi connectivity index (χ3n) is 3.81. The van der Waals surface area contributed by atoms with E-state index < -0.39 is 52.2 Å². The Morgan fingerprint density at radius 2 is 2.10 bits per heavy atom. The fourth-order valence-electron chi connectivity index (χ4n) is 2.64. The lowest BCUT2D eigenvalue weighted by Gasteiger charge is -2.49. The predicted octanol–water partition coefficient (Wildman–Crippen LogP) is 1.93. The van der Waals surface area contributed by atoms with E-state index in [9.17, 15) is 32.7 Å². The number of hydrogen-bond acceptors (Lipinski definition) is 9. The maximum Gasteiger partial charge on any atom is 0.442 e. The maximum absolute atomic E-state index is 12.4. The fraction of sp³-hybridized carbons (Fsp3) is 0.500. The third kappa shape index (κ3) is 5.19. The molecule has 158 valence electrons. The van der Waals surface area contributed by atoms with Crippen LogP contribution in [0, 0.1) is 6.92 Å². The quantitative estimate of drug-likeness (QED) is 0.441. The molecule has 2 atom stereocenters. The molecule has 1 unspecified atom stereocenters. The Morgan fingerprint density at radius 3 is 2.69 bits per heavy atom. The summed E-state index contributed by atoms with van der Waals surface area (Å²) in [5.74, 6) is -3.11. The number of alkyl halides is 3. The van der Waals surface area contributed by atoms with Gasteiger partial charge in [0, 0.05) is 11.5 Å². The van der Waals surface area contributed by atoms with Crippen molar-refractivity contribution in [2.75, 3.05) is 17.3 Å². The highest BCUT2D eigenvalue weighted by Crippen LogP contribution is 2.42. The van der Waals surface area contributed by atoms with E-state index in [2.05, 4.69) is 15.5 Å². The van der Waals surface area contributed by atoms with Crippen molar-refractivity contribution >= 4 is 64.4 Å². The van der Waals surface area contributed by atoms with Gasteiger partial charge in [0.15, 0.2) is 4.34 Å². The van der Waals surface area contributed by atoms with Crippen LogP contribution in [0.1, 0.15) is 5.01 Å². The first-order valence-corrected chi connectivity index (χ1v) is 11.7. The number of carbonyl (C=O) groups excluding carboxylic acids is 2. The first kappa shape index (κ1) is 22.2. The molecule has 1 aromatic heterocycles. The van der Waals surface area contributed by atoms with Gasteiger partial charge >= 0.3 is 11.5 Å². The number of carbonyl (C=O) groups is 3. The summed E-state index contributed by atoms with van der Waals surface area (Å²) in [6.45, 7) is 1.80. The van der Waals surface area contributed by atoms with Gasteiger partial charge in [-0.15, -0.1) is 22.0 Å². The summed E-state index contributed by atoms with van der Waals surface area (Å²) in [5, 5.41) is 19.8. The first-order valence-electron chi connectivity index (χ1n) is 7.90. The molecule has 1 saturated heterocycles. The standard InChI is InChI=1S/C14H13F3N4O4S4/c1-5-19-20-13(29-5)27-3-6-2-26-11-8(10(23)21(11)9(6)12(24)25)18-7(22)4-28-14(15,16)17/h8,11H,2-4H2,1H3,(H,18,22)(H,24,25)/t8?,11-/m1/s1. The van der Waals surface area contributed by atoms with Crippen LogP contribution in [0.4, 0.5) is 13.2 Å². The van der Waals surface area contributed by atoms with E-state index in [0.717, 1.165) is 9.91 Å². The third-order valence-corrected chi connectivity index (χ3v) is 7.94. The van der Waals surface area contributed by atoms with Gasteiger partial charge in [0.1, 0.15) is 22.1 Å². The molecule has 3 heterocycles. The first-order chi connectivity index (χ1) is 13.6. The average Bonchev–Trinajstić information content (AvgIpc) is 3.06. The second kappa shape index (κ2) is 8.73. The van der Waals surface area contributed by atoms with Gasteiger partial charge in [-0.2, -0.15) is 13.2 Å². The summed E-state index contributed by atoms with van der Waals surface area (Å²) >= 11 is 3.44. The van der Waals surface area contributed by atoms with Crippen molar-refractivity contribution in [3.05, 3.63) is 16.3 Å². The zero-order chi connectivity index (χ0) is 21.3. The number of aromatic nitrogens is 2. The van der Waals surface area contributed by atoms with Gasteiger partial charge in [0.05, 0.1) is 5.75 Å². The molecule has 1 aromatic rings. The van der Waals surface area contributed by atoms with Crippen LogP contribution in [-0.4, -0.2) is 72.2 Å². The largest absolute Gasteiger partial charge is 0.477 e. The normalized spacial score (nSPS) is 21.7. The van der Waals surface area contributed by atoms with Crippen molar-refractivity contribution in [1.29, 1.82) is 0 Å². The molecule has 0 aliphatic carbocycles. The van der Waals surface area contributed by atoms with Crippen LogP contribution in [0.3, 0.4) is 0 Å². The van der Waals surface area contributed by atoms with Crippen molar-refractivity contribution in [3.63, 3.8) is 0 Å². The number of thioether (sulfide) groups is 3. The van der Waals surface area contributed by atoms with Crippen molar-refractivity contribution in [1.82, 2.24) is 20.4 Å². The summed E-state index contributed by atoms with van der Waals surface area (Å²) in [6, 6.07) is -1.05. The Balaban J connectivity index is 1.66. The number of aliphatic carboxylic acids is 1. The van der Waals surface area contributed by atoms with Crippen LogP contribution in [0.5, 0.6) is 0 Å². The number of rotatable bonds is 7. The van der Waals surface area contributed by atoms with Crippen LogP contribution in [0.15, 0.2) is 15.6 Å².